The van der Waals surface area contributed by atoms with Crippen LogP contribution < -0.4 is 5.32 Å². The number of phenolic OH excluding ortho intramolecular Hbond substituents is 2. The van der Waals surface area contributed by atoms with Gasteiger partial charge < -0.3 is 15.5 Å². The number of benzene rings is 2. The third-order valence-electron chi connectivity index (χ3n) is 2.58. The Morgan fingerprint density at radius 3 is 2.53 bits per heavy atom. The normalized spacial score (nSPS) is 10.2. The Kier molecular flexibility index (Phi) is 4.06. The summed E-state index contributed by atoms with van der Waals surface area (Å²) in [5.74, 6) is -0.239. The number of hydrogen-bond acceptors (Lipinski definition) is 3. The maximum Gasteiger partial charge on any atom is 0.229 e. The Hall–Kier alpha value is -2.01. The van der Waals surface area contributed by atoms with E-state index in [2.05, 4.69) is 21.2 Å². The van der Waals surface area contributed by atoms with E-state index in [-0.39, 0.29) is 23.8 Å². The van der Waals surface area contributed by atoms with Crippen LogP contribution in [0.1, 0.15) is 5.56 Å². The predicted octanol–water partition coefficient (Wildman–Crippen LogP) is 3.04. The van der Waals surface area contributed by atoms with Crippen LogP contribution in [0.5, 0.6) is 11.5 Å². The van der Waals surface area contributed by atoms with Crippen LogP contribution in [0.3, 0.4) is 0 Å². The molecule has 0 saturated carbocycles. The molecular weight excluding hydrogens is 310 g/mol. The fraction of sp³-hybridized carbons (Fsp3) is 0.0714. The molecular formula is C14H12BrNO3. The van der Waals surface area contributed by atoms with Crippen molar-refractivity contribution in [3.05, 3.63) is 52.5 Å². The largest absolute Gasteiger partial charge is 0.508 e. The first-order valence-corrected chi connectivity index (χ1v) is 6.41. The quantitative estimate of drug-likeness (QED) is 0.761. The Bertz CT molecular complexity index is 613. The van der Waals surface area contributed by atoms with E-state index in [0.29, 0.717) is 11.3 Å². The summed E-state index contributed by atoms with van der Waals surface area (Å²) in [6, 6.07) is 11.5. The third kappa shape index (κ3) is 3.48. The number of amides is 1. The van der Waals surface area contributed by atoms with Gasteiger partial charge in [0.1, 0.15) is 11.5 Å². The van der Waals surface area contributed by atoms with Gasteiger partial charge in [-0.15, -0.1) is 0 Å². The lowest BCUT2D eigenvalue weighted by atomic mass is 10.1. The van der Waals surface area contributed by atoms with Crippen molar-refractivity contribution in [1.29, 1.82) is 0 Å². The topological polar surface area (TPSA) is 69.6 Å². The summed E-state index contributed by atoms with van der Waals surface area (Å²) in [7, 11) is 0. The third-order valence-corrected chi connectivity index (χ3v) is 3.07. The van der Waals surface area contributed by atoms with Crippen molar-refractivity contribution in [2.24, 2.45) is 0 Å². The van der Waals surface area contributed by atoms with Gasteiger partial charge in [0.15, 0.2) is 0 Å². The number of rotatable bonds is 3. The first-order valence-electron chi connectivity index (χ1n) is 5.61. The number of para-hydroxylation sites is 1. The molecule has 0 heterocycles. The molecule has 0 bridgehead atoms. The van der Waals surface area contributed by atoms with Gasteiger partial charge in [-0.3, -0.25) is 4.79 Å². The standard InChI is InChI=1S/C14H12BrNO3/c15-10-5-6-11(13(18)8-10)16-14(19)7-9-3-1-2-4-12(9)17/h1-6,8,17-18H,7H2,(H,16,19). The van der Waals surface area contributed by atoms with Crippen LogP contribution in [0, 0.1) is 0 Å². The molecule has 5 heteroatoms. The first-order chi connectivity index (χ1) is 9.06. The summed E-state index contributed by atoms with van der Waals surface area (Å²) in [6.07, 6.45) is 0.0438. The van der Waals surface area contributed by atoms with Gasteiger partial charge in [-0.05, 0) is 24.3 Å². The molecule has 2 aromatic carbocycles. The number of nitrogens with one attached hydrogen (secondary N) is 1. The van der Waals surface area contributed by atoms with Crippen molar-refractivity contribution in [2.75, 3.05) is 5.32 Å². The fourth-order valence-corrected chi connectivity index (χ4v) is 1.99. The SMILES string of the molecule is O=C(Cc1ccccc1O)Nc1ccc(Br)cc1O. The average Bonchev–Trinajstić information content (AvgIpc) is 2.36. The van der Waals surface area contributed by atoms with Crippen molar-refractivity contribution in [2.45, 2.75) is 6.42 Å². The number of halogens is 1. The van der Waals surface area contributed by atoms with Gasteiger partial charge >= 0.3 is 0 Å². The zero-order chi connectivity index (χ0) is 13.8. The van der Waals surface area contributed by atoms with Crippen molar-refractivity contribution in [3.8, 4) is 11.5 Å². The highest BCUT2D eigenvalue weighted by Gasteiger charge is 2.09. The zero-order valence-electron chi connectivity index (χ0n) is 9.93. The van der Waals surface area contributed by atoms with Gasteiger partial charge in [0, 0.05) is 10.0 Å². The maximum atomic E-state index is 11.8. The molecule has 3 N–H and O–H groups in total. The number of hydrogen-bond donors (Lipinski definition) is 3. The first kappa shape index (κ1) is 13.4. The molecule has 0 radical (unpaired) electrons. The second-order valence-corrected chi connectivity index (χ2v) is 4.93. The summed E-state index contributed by atoms with van der Waals surface area (Å²) in [6.45, 7) is 0. The molecule has 0 aliphatic rings. The number of phenols is 2. The van der Waals surface area contributed by atoms with E-state index in [1.807, 2.05) is 0 Å². The van der Waals surface area contributed by atoms with Gasteiger partial charge in [0.2, 0.25) is 5.91 Å². The molecule has 2 aromatic rings. The molecule has 0 aromatic heterocycles. The van der Waals surface area contributed by atoms with E-state index < -0.39 is 0 Å². The van der Waals surface area contributed by atoms with E-state index in [1.54, 1.807) is 30.3 Å². The molecule has 1 amide bonds. The maximum absolute atomic E-state index is 11.8. The van der Waals surface area contributed by atoms with E-state index >= 15 is 0 Å². The summed E-state index contributed by atoms with van der Waals surface area (Å²) in [4.78, 5) is 11.8. The van der Waals surface area contributed by atoms with Crippen LogP contribution in [-0.4, -0.2) is 16.1 Å². The van der Waals surface area contributed by atoms with Crippen LogP contribution in [0.15, 0.2) is 46.9 Å². The van der Waals surface area contributed by atoms with Gasteiger partial charge in [-0.25, -0.2) is 0 Å². The molecule has 2 rings (SSSR count). The predicted molar refractivity (Wildman–Crippen MR) is 76.2 cm³/mol. The van der Waals surface area contributed by atoms with E-state index in [1.165, 1.54) is 12.1 Å². The number of aromatic hydroxyl groups is 2. The molecule has 0 aliphatic heterocycles. The van der Waals surface area contributed by atoms with Gasteiger partial charge in [-0.2, -0.15) is 0 Å². The second kappa shape index (κ2) is 5.75. The van der Waals surface area contributed by atoms with E-state index in [0.717, 1.165) is 4.47 Å². The molecule has 0 unspecified atom stereocenters. The van der Waals surface area contributed by atoms with Crippen LogP contribution in [-0.2, 0) is 11.2 Å². The van der Waals surface area contributed by atoms with E-state index in [9.17, 15) is 15.0 Å². The highest BCUT2D eigenvalue weighted by atomic mass is 79.9. The molecule has 0 atom stereocenters. The lowest BCUT2D eigenvalue weighted by Gasteiger charge is -2.08. The highest BCUT2D eigenvalue weighted by molar-refractivity contribution is 9.10. The lowest BCUT2D eigenvalue weighted by Crippen LogP contribution is -2.14. The molecule has 4 nitrogen and oxygen atoms in total. The molecule has 0 fully saturated rings. The summed E-state index contributed by atoms with van der Waals surface area (Å²) in [5.41, 5.74) is 0.875. The van der Waals surface area contributed by atoms with Crippen molar-refractivity contribution < 1.29 is 15.0 Å². The van der Waals surface area contributed by atoms with Gasteiger partial charge in [0.05, 0.1) is 12.1 Å². The molecule has 0 aliphatic carbocycles. The van der Waals surface area contributed by atoms with Crippen LogP contribution in [0.2, 0.25) is 0 Å². The second-order valence-electron chi connectivity index (χ2n) is 4.02. The lowest BCUT2D eigenvalue weighted by molar-refractivity contribution is -0.115. The Morgan fingerprint density at radius 2 is 1.84 bits per heavy atom. The number of carbonyl (C=O) groups excluding carboxylic acids is 1. The molecule has 0 saturated heterocycles. The van der Waals surface area contributed by atoms with Crippen molar-refractivity contribution in [1.82, 2.24) is 0 Å². The minimum atomic E-state index is -0.306. The Labute approximate surface area is 118 Å². The number of anilines is 1. The van der Waals surface area contributed by atoms with E-state index in [4.69, 9.17) is 0 Å². The van der Waals surface area contributed by atoms with Crippen molar-refractivity contribution in [3.63, 3.8) is 0 Å². The number of carbonyl (C=O) groups is 1. The summed E-state index contributed by atoms with van der Waals surface area (Å²) < 4.78 is 0.726. The molecule has 19 heavy (non-hydrogen) atoms. The van der Waals surface area contributed by atoms with Crippen LogP contribution in [0.25, 0.3) is 0 Å². The minimum Gasteiger partial charge on any atom is -0.508 e. The van der Waals surface area contributed by atoms with Gasteiger partial charge in [-0.1, -0.05) is 34.1 Å². The van der Waals surface area contributed by atoms with Crippen molar-refractivity contribution >= 4 is 27.5 Å². The average molecular weight is 322 g/mol. The monoisotopic (exact) mass is 321 g/mol. The zero-order valence-corrected chi connectivity index (χ0v) is 11.5. The Morgan fingerprint density at radius 1 is 1.11 bits per heavy atom. The minimum absolute atomic E-state index is 0.0139. The van der Waals surface area contributed by atoms with Crippen LogP contribution in [0.4, 0.5) is 5.69 Å². The molecule has 0 spiro atoms. The van der Waals surface area contributed by atoms with Crippen LogP contribution >= 0.6 is 15.9 Å². The van der Waals surface area contributed by atoms with Gasteiger partial charge in [0.25, 0.3) is 0 Å². The Balaban J connectivity index is 2.08. The summed E-state index contributed by atoms with van der Waals surface area (Å²) >= 11 is 3.22. The molecule has 98 valence electrons. The smallest absolute Gasteiger partial charge is 0.229 e. The highest BCUT2D eigenvalue weighted by Crippen LogP contribution is 2.27. The summed E-state index contributed by atoms with van der Waals surface area (Å²) in [5, 5.41) is 21.8. The fourth-order valence-electron chi connectivity index (χ4n) is 1.64.